The third-order valence-corrected chi connectivity index (χ3v) is 5.50. The standard InChI is InChI=1S/C8H16N2O4S.C3H3NS/c11-15(12,9-1-5-13-6-2-9)10-3-7-14-8-4-10;1-2-5-3-4-1/h1-8H2;1-3H. The van der Waals surface area contributed by atoms with Gasteiger partial charge in [0.1, 0.15) is 0 Å². The van der Waals surface area contributed by atoms with Crippen molar-refractivity contribution < 1.29 is 17.9 Å². The molecule has 0 N–H and O–H groups in total. The Labute approximate surface area is 123 Å². The Morgan fingerprint density at radius 2 is 1.45 bits per heavy atom. The molecule has 0 bridgehead atoms. The van der Waals surface area contributed by atoms with Crippen LogP contribution in [0.3, 0.4) is 0 Å². The van der Waals surface area contributed by atoms with Gasteiger partial charge in [-0.25, -0.2) is 0 Å². The molecule has 0 unspecified atom stereocenters. The fourth-order valence-electron chi connectivity index (χ4n) is 1.89. The Morgan fingerprint density at radius 1 is 0.950 bits per heavy atom. The van der Waals surface area contributed by atoms with Crippen molar-refractivity contribution in [2.75, 3.05) is 52.6 Å². The lowest BCUT2D eigenvalue weighted by Gasteiger charge is -2.33. The first-order valence-corrected chi connectivity index (χ1v) is 8.78. The topological polar surface area (TPSA) is 72.0 Å². The summed E-state index contributed by atoms with van der Waals surface area (Å²) in [5.74, 6) is 0. The van der Waals surface area contributed by atoms with Crippen LogP contribution in [0.4, 0.5) is 0 Å². The van der Waals surface area contributed by atoms with E-state index in [0.29, 0.717) is 52.6 Å². The molecule has 20 heavy (non-hydrogen) atoms. The number of rotatable bonds is 2. The third-order valence-electron chi connectivity index (χ3n) is 2.94. The molecule has 0 spiro atoms. The van der Waals surface area contributed by atoms with E-state index in [1.165, 1.54) is 8.61 Å². The maximum atomic E-state index is 12.1. The van der Waals surface area contributed by atoms with E-state index in [0.717, 1.165) is 0 Å². The van der Waals surface area contributed by atoms with E-state index >= 15 is 0 Å². The molecule has 2 fully saturated rings. The van der Waals surface area contributed by atoms with Crippen LogP contribution in [0.1, 0.15) is 0 Å². The van der Waals surface area contributed by atoms with Gasteiger partial charge in [0.05, 0.1) is 31.9 Å². The SMILES string of the molecule is O=S(=O)(N1CCOCC1)N1CCOCC1.c1cscn1. The molecule has 0 aliphatic carbocycles. The van der Waals surface area contributed by atoms with Crippen LogP contribution >= 0.6 is 11.3 Å². The first-order chi connectivity index (χ1) is 9.71. The lowest BCUT2D eigenvalue weighted by molar-refractivity contribution is 0.0549. The van der Waals surface area contributed by atoms with Gasteiger partial charge in [0, 0.05) is 37.8 Å². The molecule has 0 radical (unpaired) electrons. The second-order valence-electron chi connectivity index (χ2n) is 4.21. The van der Waals surface area contributed by atoms with Crippen LogP contribution in [-0.2, 0) is 19.7 Å². The summed E-state index contributed by atoms with van der Waals surface area (Å²) in [6, 6.07) is 0. The highest BCUT2D eigenvalue weighted by molar-refractivity contribution is 7.86. The summed E-state index contributed by atoms with van der Waals surface area (Å²) in [4.78, 5) is 3.74. The summed E-state index contributed by atoms with van der Waals surface area (Å²) in [5.41, 5.74) is 1.79. The lowest BCUT2D eigenvalue weighted by Crippen LogP contribution is -2.51. The molecule has 0 amide bonds. The van der Waals surface area contributed by atoms with E-state index in [1.54, 1.807) is 23.0 Å². The van der Waals surface area contributed by atoms with Crippen molar-refractivity contribution in [3.8, 4) is 0 Å². The van der Waals surface area contributed by atoms with Crippen molar-refractivity contribution >= 4 is 21.5 Å². The Hall–Kier alpha value is -0.580. The van der Waals surface area contributed by atoms with E-state index in [2.05, 4.69) is 4.98 Å². The summed E-state index contributed by atoms with van der Waals surface area (Å²) in [7, 11) is -3.28. The van der Waals surface area contributed by atoms with Gasteiger partial charge in [0.15, 0.2) is 0 Å². The van der Waals surface area contributed by atoms with Crippen LogP contribution in [0.15, 0.2) is 17.1 Å². The fourth-order valence-corrected chi connectivity index (χ4v) is 3.79. The summed E-state index contributed by atoms with van der Waals surface area (Å²) < 4.78 is 37.4. The van der Waals surface area contributed by atoms with Crippen LogP contribution in [0.5, 0.6) is 0 Å². The Balaban J connectivity index is 0.000000247. The highest BCUT2D eigenvalue weighted by Gasteiger charge is 2.31. The molecular formula is C11H19N3O4S2. The van der Waals surface area contributed by atoms with E-state index in [1.807, 2.05) is 5.38 Å². The zero-order valence-corrected chi connectivity index (χ0v) is 12.8. The second kappa shape index (κ2) is 8.01. The van der Waals surface area contributed by atoms with E-state index < -0.39 is 10.2 Å². The molecule has 3 rings (SSSR count). The number of hydrogen-bond acceptors (Lipinski definition) is 6. The summed E-state index contributed by atoms with van der Waals surface area (Å²) >= 11 is 1.60. The molecule has 2 aliphatic rings. The first-order valence-electron chi connectivity index (χ1n) is 6.44. The predicted molar refractivity (Wildman–Crippen MR) is 75.8 cm³/mol. The summed E-state index contributed by atoms with van der Waals surface area (Å²) in [6.45, 7) is 3.79. The van der Waals surface area contributed by atoms with Gasteiger partial charge in [-0.2, -0.15) is 17.0 Å². The molecule has 0 aromatic carbocycles. The molecule has 0 saturated carbocycles. The van der Waals surface area contributed by atoms with Crippen molar-refractivity contribution in [1.29, 1.82) is 0 Å². The number of nitrogens with zero attached hydrogens (tertiary/aromatic N) is 3. The largest absolute Gasteiger partial charge is 0.379 e. The van der Waals surface area contributed by atoms with Crippen LogP contribution in [-0.4, -0.2) is 74.6 Å². The van der Waals surface area contributed by atoms with E-state index in [4.69, 9.17) is 9.47 Å². The Kier molecular flexibility index (Phi) is 6.33. The van der Waals surface area contributed by atoms with Crippen LogP contribution in [0.2, 0.25) is 0 Å². The number of hydrogen-bond donors (Lipinski definition) is 0. The summed E-state index contributed by atoms with van der Waals surface area (Å²) in [5, 5.41) is 1.93. The predicted octanol–water partition coefficient (Wildman–Crippen LogP) is 0.0387. The molecule has 2 aliphatic heterocycles. The molecule has 1 aromatic heterocycles. The van der Waals surface area contributed by atoms with Crippen molar-refractivity contribution in [3.05, 3.63) is 17.1 Å². The Bertz CT molecular complexity index is 413. The van der Waals surface area contributed by atoms with Crippen LogP contribution < -0.4 is 0 Å². The zero-order chi connectivity index (χ0) is 14.3. The van der Waals surface area contributed by atoms with Gasteiger partial charge in [0.2, 0.25) is 0 Å². The minimum absolute atomic E-state index is 0.458. The van der Waals surface area contributed by atoms with Crippen molar-refractivity contribution in [1.82, 2.24) is 13.6 Å². The minimum Gasteiger partial charge on any atom is -0.379 e. The van der Waals surface area contributed by atoms with Gasteiger partial charge < -0.3 is 9.47 Å². The molecule has 3 heterocycles. The molecule has 1 aromatic rings. The van der Waals surface area contributed by atoms with Crippen molar-refractivity contribution in [2.45, 2.75) is 0 Å². The molecule has 7 nitrogen and oxygen atoms in total. The number of aromatic nitrogens is 1. The van der Waals surface area contributed by atoms with Gasteiger partial charge in [-0.05, 0) is 0 Å². The van der Waals surface area contributed by atoms with Gasteiger partial charge >= 0.3 is 0 Å². The van der Waals surface area contributed by atoms with Crippen molar-refractivity contribution in [2.24, 2.45) is 0 Å². The average Bonchev–Trinajstić information content (AvgIpc) is 3.09. The smallest absolute Gasteiger partial charge is 0.282 e. The Morgan fingerprint density at radius 3 is 1.75 bits per heavy atom. The normalized spacial score (nSPS) is 22.0. The first kappa shape index (κ1) is 15.8. The van der Waals surface area contributed by atoms with Gasteiger partial charge in [-0.15, -0.1) is 11.3 Å². The second-order valence-corrected chi connectivity index (χ2v) is 6.89. The maximum absolute atomic E-state index is 12.1. The van der Waals surface area contributed by atoms with Crippen LogP contribution in [0.25, 0.3) is 0 Å². The number of thiazole rings is 1. The molecule has 114 valence electrons. The van der Waals surface area contributed by atoms with Crippen molar-refractivity contribution in [3.63, 3.8) is 0 Å². The average molecular weight is 321 g/mol. The monoisotopic (exact) mass is 321 g/mol. The number of ether oxygens (including phenoxy) is 2. The molecule has 2 saturated heterocycles. The maximum Gasteiger partial charge on any atom is 0.282 e. The zero-order valence-electron chi connectivity index (χ0n) is 11.2. The van der Waals surface area contributed by atoms with Gasteiger partial charge in [-0.3, -0.25) is 4.98 Å². The number of morpholine rings is 2. The lowest BCUT2D eigenvalue weighted by atomic mass is 10.5. The highest BCUT2D eigenvalue weighted by Crippen LogP contribution is 2.12. The minimum atomic E-state index is -3.28. The van der Waals surface area contributed by atoms with Gasteiger partial charge in [0.25, 0.3) is 10.2 Å². The highest BCUT2D eigenvalue weighted by atomic mass is 32.2. The molecular weight excluding hydrogens is 302 g/mol. The van der Waals surface area contributed by atoms with E-state index in [-0.39, 0.29) is 0 Å². The summed E-state index contributed by atoms with van der Waals surface area (Å²) in [6.07, 6.45) is 1.77. The van der Waals surface area contributed by atoms with E-state index in [9.17, 15) is 8.42 Å². The molecule has 9 heteroatoms. The van der Waals surface area contributed by atoms with Crippen LogP contribution in [0, 0.1) is 0 Å². The molecule has 0 atom stereocenters. The fraction of sp³-hybridized carbons (Fsp3) is 0.727. The third kappa shape index (κ3) is 4.47. The van der Waals surface area contributed by atoms with Gasteiger partial charge in [-0.1, -0.05) is 0 Å². The quantitative estimate of drug-likeness (QED) is 0.769.